The van der Waals surface area contributed by atoms with Crippen LogP contribution in [0.25, 0.3) is 0 Å². The molecule has 0 N–H and O–H groups in total. The molecule has 1 aliphatic rings. The summed E-state index contributed by atoms with van der Waals surface area (Å²) in [6, 6.07) is 1.30. The molecule has 19 heavy (non-hydrogen) atoms. The molecule has 6 heteroatoms. The van der Waals surface area contributed by atoms with Crippen molar-refractivity contribution in [2.75, 3.05) is 14.2 Å². The number of hydrogen-bond donors (Lipinski definition) is 0. The van der Waals surface area contributed by atoms with Crippen molar-refractivity contribution in [3.8, 4) is 11.5 Å². The lowest BCUT2D eigenvalue weighted by Crippen LogP contribution is -2.33. The number of rotatable bonds is 4. The SMILES string of the molecule is COc1c(F)cc(Br)c(C2(N=C=O)CCC2)c1OC. The minimum absolute atomic E-state index is 0.0214. The van der Waals surface area contributed by atoms with Gasteiger partial charge >= 0.3 is 0 Å². The first-order chi connectivity index (χ1) is 9.09. The summed E-state index contributed by atoms with van der Waals surface area (Å²) in [5.74, 6) is -0.235. The van der Waals surface area contributed by atoms with Crippen LogP contribution in [-0.4, -0.2) is 20.3 Å². The maximum Gasteiger partial charge on any atom is 0.235 e. The maximum atomic E-state index is 13.8. The Labute approximate surface area is 118 Å². The second kappa shape index (κ2) is 5.31. The van der Waals surface area contributed by atoms with Crippen LogP contribution in [0, 0.1) is 5.82 Å². The second-order valence-electron chi connectivity index (χ2n) is 4.37. The van der Waals surface area contributed by atoms with E-state index in [1.54, 1.807) is 6.08 Å². The van der Waals surface area contributed by atoms with E-state index in [1.165, 1.54) is 20.3 Å². The molecule has 0 radical (unpaired) electrons. The van der Waals surface area contributed by atoms with Crippen molar-refractivity contribution in [3.05, 3.63) is 21.9 Å². The summed E-state index contributed by atoms with van der Waals surface area (Å²) < 4.78 is 24.7. The number of isocyanates is 1. The molecule has 0 atom stereocenters. The second-order valence-corrected chi connectivity index (χ2v) is 5.22. The highest BCUT2D eigenvalue weighted by molar-refractivity contribution is 9.10. The molecular weight excluding hydrogens is 317 g/mol. The third kappa shape index (κ3) is 2.15. The molecule has 0 amide bonds. The van der Waals surface area contributed by atoms with E-state index in [4.69, 9.17) is 9.47 Å². The summed E-state index contributed by atoms with van der Waals surface area (Å²) in [5.41, 5.74) is -0.0461. The highest BCUT2D eigenvalue weighted by atomic mass is 79.9. The van der Waals surface area contributed by atoms with Crippen molar-refractivity contribution in [1.29, 1.82) is 0 Å². The zero-order valence-corrected chi connectivity index (χ0v) is 12.2. The molecular formula is C13H13BrFNO3. The molecule has 1 aliphatic carbocycles. The largest absolute Gasteiger partial charge is 0.492 e. The van der Waals surface area contributed by atoms with Gasteiger partial charge in [-0.15, -0.1) is 0 Å². The van der Waals surface area contributed by atoms with Gasteiger partial charge in [0.15, 0.2) is 17.3 Å². The van der Waals surface area contributed by atoms with Crippen molar-refractivity contribution < 1.29 is 18.7 Å². The lowest BCUT2D eigenvalue weighted by molar-refractivity contribution is 0.239. The number of methoxy groups -OCH3 is 2. The van der Waals surface area contributed by atoms with E-state index >= 15 is 0 Å². The van der Waals surface area contributed by atoms with E-state index < -0.39 is 11.4 Å². The molecule has 1 aromatic carbocycles. The third-order valence-electron chi connectivity index (χ3n) is 3.46. The molecule has 1 aromatic rings. The van der Waals surface area contributed by atoms with Crippen molar-refractivity contribution in [2.45, 2.75) is 24.8 Å². The molecule has 1 fully saturated rings. The number of ether oxygens (including phenoxy) is 2. The van der Waals surface area contributed by atoms with Crippen LogP contribution in [-0.2, 0) is 10.3 Å². The van der Waals surface area contributed by atoms with Crippen LogP contribution in [0.1, 0.15) is 24.8 Å². The van der Waals surface area contributed by atoms with Gasteiger partial charge in [0.2, 0.25) is 6.08 Å². The smallest absolute Gasteiger partial charge is 0.235 e. The van der Waals surface area contributed by atoms with Crippen LogP contribution < -0.4 is 9.47 Å². The van der Waals surface area contributed by atoms with Crippen molar-refractivity contribution in [1.82, 2.24) is 0 Å². The van der Waals surface area contributed by atoms with Crippen molar-refractivity contribution in [2.24, 2.45) is 4.99 Å². The minimum atomic E-state index is -0.688. The number of hydrogen-bond acceptors (Lipinski definition) is 4. The zero-order valence-electron chi connectivity index (χ0n) is 10.6. The fraction of sp³-hybridized carbons (Fsp3) is 0.462. The van der Waals surface area contributed by atoms with Gasteiger partial charge in [0.1, 0.15) is 5.54 Å². The van der Waals surface area contributed by atoms with E-state index in [9.17, 15) is 9.18 Å². The van der Waals surface area contributed by atoms with Gasteiger partial charge in [0, 0.05) is 10.0 Å². The monoisotopic (exact) mass is 329 g/mol. The van der Waals surface area contributed by atoms with Crippen molar-refractivity contribution in [3.63, 3.8) is 0 Å². The Kier molecular flexibility index (Phi) is 3.92. The first kappa shape index (κ1) is 14.0. The minimum Gasteiger partial charge on any atom is -0.492 e. The van der Waals surface area contributed by atoms with Gasteiger partial charge in [0.05, 0.1) is 14.2 Å². The maximum absolute atomic E-state index is 13.8. The van der Waals surface area contributed by atoms with Crippen molar-refractivity contribution >= 4 is 22.0 Å². The van der Waals surface area contributed by atoms with Gasteiger partial charge in [-0.2, -0.15) is 4.99 Å². The fourth-order valence-corrected chi connectivity index (χ4v) is 3.16. The van der Waals surface area contributed by atoms with Crippen LogP contribution in [0.4, 0.5) is 4.39 Å². The lowest BCUT2D eigenvalue weighted by Gasteiger charge is -2.38. The van der Waals surface area contributed by atoms with E-state index in [1.807, 2.05) is 0 Å². The molecule has 0 bridgehead atoms. The standard InChI is InChI=1S/C13H13BrFNO3/c1-18-11-9(15)6-8(14)10(12(11)19-2)13(16-7-17)4-3-5-13/h6H,3-5H2,1-2H3. The van der Waals surface area contributed by atoms with Crippen LogP contribution in [0.3, 0.4) is 0 Å². The Balaban J connectivity index is 2.71. The highest BCUT2D eigenvalue weighted by Crippen LogP contribution is 2.53. The van der Waals surface area contributed by atoms with Gasteiger partial charge in [0.25, 0.3) is 0 Å². The third-order valence-corrected chi connectivity index (χ3v) is 4.08. The molecule has 0 saturated heterocycles. The Morgan fingerprint density at radius 1 is 1.37 bits per heavy atom. The average Bonchev–Trinajstić information content (AvgIpc) is 2.33. The first-order valence-corrected chi connectivity index (χ1v) is 6.58. The molecule has 0 heterocycles. The molecule has 1 saturated carbocycles. The van der Waals surface area contributed by atoms with E-state index in [0.717, 1.165) is 6.42 Å². The molecule has 4 nitrogen and oxygen atoms in total. The Bertz CT molecular complexity index is 551. The number of carbonyl (C=O) groups excluding carboxylic acids is 1. The van der Waals surface area contributed by atoms with E-state index in [0.29, 0.717) is 22.9 Å². The zero-order chi connectivity index (χ0) is 14.0. The predicted molar refractivity (Wildman–Crippen MR) is 70.9 cm³/mol. The summed E-state index contributed by atoms with van der Waals surface area (Å²) in [6.45, 7) is 0. The molecule has 2 rings (SSSR count). The van der Waals surface area contributed by atoms with E-state index in [-0.39, 0.29) is 11.5 Å². The Morgan fingerprint density at radius 3 is 2.42 bits per heavy atom. The van der Waals surface area contributed by atoms with Crippen LogP contribution in [0.2, 0.25) is 0 Å². The molecule has 0 spiro atoms. The molecule has 0 aliphatic heterocycles. The number of nitrogens with zero attached hydrogens (tertiary/aromatic N) is 1. The molecule has 102 valence electrons. The highest BCUT2D eigenvalue weighted by Gasteiger charge is 2.44. The lowest BCUT2D eigenvalue weighted by atomic mass is 9.72. The Hall–Kier alpha value is -1.39. The van der Waals surface area contributed by atoms with Crippen LogP contribution >= 0.6 is 15.9 Å². The first-order valence-electron chi connectivity index (χ1n) is 5.79. The summed E-state index contributed by atoms with van der Waals surface area (Å²) in [5, 5.41) is 0. The normalized spacial score (nSPS) is 16.2. The van der Waals surface area contributed by atoms with E-state index in [2.05, 4.69) is 20.9 Å². The number of aliphatic imine (C=N–C) groups is 1. The summed E-state index contributed by atoms with van der Waals surface area (Å²) in [7, 11) is 2.80. The van der Waals surface area contributed by atoms with Gasteiger partial charge in [-0.1, -0.05) is 15.9 Å². The van der Waals surface area contributed by atoms with Gasteiger partial charge < -0.3 is 9.47 Å². The molecule has 0 unspecified atom stereocenters. The number of halogens is 2. The van der Waals surface area contributed by atoms with Gasteiger partial charge in [-0.3, -0.25) is 0 Å². The summed E-state index contributed by atoms with van der Waals surface area (Å²) >= 11 is 3.32. The van der Waals surface area contributed by atoms with Gasteiger partial charge in [-0.05, 0) is 25.3 Å². The number of benzene rings is 1. The van der Waals surface area contributed by atoms with Crippen LogP contribution in [0.5, 0.6) is 11.5 Å². The Morgan fingerprint density at radius 2 is 2.00 bits per heavy atom. The predicted octanol–water partition coefficient (Wildman–Crippen LogP) is 3.32. The van der Waals surface area contributed by atoms with Crippen LogP contribution in [0.15, 0.2) is 15.5 Å². The average molecular weight is 330 g/mol. The topological polar surface area (TPSA) is 47.9 Å². The summed E-state index contributed by atoms with van der Waals surface area (Å²) in [4.78, 5) is 14.6. The fourth-order valence-electron chi connectivity index (χ4n) is 2.41. The molecule has 0 aromatic heterocycles. The quantitative estimate of drug-likeness (QED) is 0.628. The van der Waals surface area contributed by atoms with Gasteiger partial charge in [-0.25, -0.2) is 9.18 Å². The summed E-state index contributed by atoms with van der Waals surface area (Å²) in [6.07, 6.45) is 3.95.